The van der Waals surface area contributed by atoms with Gasteiger partial charge in [0.2, 0.25) is 0 Å². The molecule has 1 heterocycles. The molecular formula is C12H18N2O3. The van der Waals surface area contributed by atoms with Crippen molar-refractivity contribution >= 4 is 11.4 Å². The van der Waals surface area contributed by atoms with Gasteiger partial charge in [-0.05, 0) is 24.6 Å². The minimum absolute atomic E-state index is 0.327. The van der Waals surface area contributed by atoms with Crippen LogP contribution in [0.25, 0.3) is 0 Å². The molecule has 0 aliphatic carbocycles. The van der Waals surface area contributed by atoms with E-state index in [1.54, 1.807) is 12.1 Å². The molecule has 0 amide bonds. The first-order chi connectivity index (χ1) is 8.11. The fraction of sp³-hybridized carbons (Fsp3) is 0.500. The van der Waals surface area contributed by atoms with Gasteiger partial charge in [0.15, 0.2) is 0 Å². The zero-order valence-corrected chi connectivity index (χ0v) is 9.58. The highest BCUT2D eigenvalue weighted by Crippen LogP contribution is 2.30. The van der Waals surface area contributed by atoms with Gasteiger partial charge in [-0.3, -0.25) is 0 Å². The lowest BCUT2D eigenvalue weighted by Crippen LogP contribution is -2.23. The molecule has 5 N–H and O–H groups in total. The molecule has 2 rings (SSSR count). The molecule has 1 aromatic rings. The van der Waals surface area contributed by atoms with Gasteiger partial charge >= 0.3 is 0 Å². The fourth-order valence-electron chi connectivity index (χ4n) is 2.19. The van der Waals surface area contributed by atoms with E-state index in [-0.39, 0.29) is 12.7 Å². The predicted molar refractivity (Wildman–Crippen MR) is 65.7 cm³/mol. The van der Waals surface area contributed by atoms with Crippen LogP contribution in [0.5, 0.6) is 0 Å². The number of nitrogens with two attached hydrogens (primary N) is 1. The van der Waals surface area contributed by atoms with Gasteiger partial charge in [0, 0.05) is 30.0 Å². The Balaban J connectivity index is 2.32. The van der Waals surface area contributed by atoms with Crippen LogP contribution >= 0.6 is 0 Å². The zero-order chi connectivity index (χ0) is 12.4. The molecular weight excluding hydrogens is 220 g/mol. The Bertz CT molecular complexity index is 397. The van der Waals surface area contributed by atoms with Crippen LogP contribution in [0.1, 0.15) is 18.1 Å². The lowest BCUT2D eigenvalue weighted by molar-refractivity contribution is 0.0959. The number of rotatable bonds is 3. The lowest BCUT2D eigenvalue weighted by Gasteiger charge is -2.23. The van der Waals surface area contributed by atoms with Crippen LogP contribution in [0.15, 0.2) is 18.2 Å². The van der Waals surface area contributed by atoms with Crippen LogP contribution in [0, 0.1) is 0 Å². The van der Waals surface area contributed by atoms with Gasteiger partial charge in [-0.15, -0.1) is 0 Å². The Morgan fingerprint density at radius 3 is 2.82 bits per heavy atom. The van der Waals surface area contributed by atoms with E-state index < -0.39 is 6.10 Å². The lowest BCUT2D eigenvalue weighted by atomic mass is 10.1. The van der Waals surface area contributed by atoms with Crippen molar-refractivity contribution in [1.29, 1.82) is 0 Å². The molecule has 1 aliphatic heterocycles. The second-order valence-corrected chi connectivity index (χ2v) is 4.41. The van der Waals surface area contributed by atoms with Gasteiger partial charge in [-0.2, -0.15) is 0 Å². The number of anilines is 2. The maximum absolute atomic E-state index is 9.77. The number of nitrogens with zero attached hydrogens (tertiary/aromatic N) is 1. The van der Waals surface area contributed by atoms with Crippen molar-refractivity contribution in [2.75, 3.05) is 30.3 Å². The summed E-state index contributed by atoms with van der Waals surface area (Å²) in [4.78, 5) is 2.00. The van der Waals surface area contributed by atoms with Crippen LogP contribution < -0.4 is 10.6 Å². The third-order valence-corrected chi connectivity index (χ3v) is 3.09. The second-order valence-electron chi connectivity index (χ2n) is 4.41. The van der Waals surface area contributed by atoms with E-state index in [0.717, 1.165) is 18.7 Å². The third kappa shape index (κ3) is 2.52. The molecule has 1 fully saturated rings. The summed E-state index contributed by atoms with van der Waals surface area (Å²) in [7, 11) is 0. The highest BCUT2D eigenvalue weighted by molar-refractivity contribution is 5.61. The largest absolute Gasteiger partial charge is 0.399 e. The van der Waals surface area contributed by atoms with Crippen molar-refractivity contribution < 1.29 is 15.3 Å². The molecule has 0 aromatic heterocycles. The molecule has 17 heavy (non-hydrogen) atoms. The van der Waals surface area contributed by atoms with Gasteiger partial charge < -0.3 is 26.0 Å². The van der Waals surface area contributed by atoms with Crippen LogP contribution in [0.3, 0.4) is 0 Å². The minimum atomic E-state index is -0.939. The van der Waals surface area contributed by atoms with Gasteiger partial charge in [0.05, 0.1) is 12.7 Å². The Labute approximate surface area is 100 Å². The number of hydrogen-bond acceptors (Lipinski definition) is 5. The highest BCUT2D eigenvalue weighted by Gasteiger charge is 2.24. The minimum Gasteiger partial charge on any atom is -0.399 e. The molecule has 0 radical (unpaired) electrons. The summed E-state index contributed by atoms with van der Waals surface area (Å²) < 4.78 is 0. The summed E-state index contributed by atoms with van der Waals surface area (Å²) in [6.07, 6.45) is -0.545. The maximum Gasteiger partial charge on any atom is 0.104 e. The first-order valence-corrected chi connectivity index (χ1v) is 5.73. The Kier molecular flexibility index (Phi) is 3.51. The number of nitrogen functional groups attached to an aromatic ring is 1. The average molecular weight is 238 g/mol. The third-order valence-electron chi connectivity index (χ3n) is 3.09. The number of hydrogen-bond donors (Lipinski definition) is 4. The monoisotopic (exact) mass is 238 g/mol. The van der Waals surface area contributed by atoms with Crippen LogP contribution in [-0.4, -0.2) is 41.1 Å². The van der Waals surface area contributed by atoms with Crippen molar-refractivity contribution in [3.05, 3.63) is 23.8 Å². The van der Waals surface area contributed by atoms with E-state index in [0.29, 0.717) is 17.8 Å². The Morgan fingerprint density at radius 1 is 1.47 bits per heavy atom. The molecule has 5 heteroatoms. The highest BCUT2D eigenvalue weighted by atomic mass is 16.3. The molecule has 5 nitrogen and oxygen atoms in total. The summed E-state index contributed by atoms with van der Waals surface area (Å²) in [5, 5.41) is 28.3. The average Bonchev–Trinajstić information content (AvgIpc) is 2.74. The number of aliphatic hydroxyl groups excluding tert-OH is 3. The molecule has 94 valence electrons. The second kappa shape index (κ2) is 4.91. The Hall–Kier alpha value is -1.30. The summed E-state index contributed by atoms with van der Waals surface area (Å²) in [6, 6.07) is 5.25. The van der Waals surface area contributed by atoms with Crippen molar-refractivity contribution in [2.45, 2.75) is 18.6 Å². The van der Waals surface area contributed by atoms with Crippen LogP contribution in [-0.2, 0) is 0 Å². The first kappa shape index (κ1) is 12.2. The summed E-state index contributed by atoms with van der Waals surface area (Å²) in [6.45, 7) is 0.956. The van der Waals surface area contributed by atoms with E-state index in [4.69, 9.17) is 10.8 Å². The molecule has 1 aromatic carbocycles. The van der Waals surface area contributed by atoms with Gasteiger partial charge in [0.25, 0.3) is 0 Å². The molecule has 0 bridgehead atoms. The molecule has 1 aliphatic rings. The van der Waals surface area contributed by atoms with Crippen molar-refractivity contribution in [1.82, 2.24) is 0 Å². The van der Waals surface area contributed by atoms with E-state index in [1.165, 1.54) is 0 Å². The maximum atomic E-state index is 9.77. The van der Waals surface area contributed by atoms with E-state index in [2.05, 4.69) is 0 Å². The zero-order valence-electron chi connectivity index (χ0n) is 9.58. The SMILES string of the molecule is Nc1ccc(N2CCC(O)C2)c(C(O)CO)c1. The number of aliphatic hydroxyl groups is 3. The van der Waals surface area contributed by atoms with Crippen LogP contribution in [0.4, 0.5) is 11.4 Å². The standard InChI is InChI=1S/C12H18N2O3/c13-8-1-2-11(10(5-8)12(17)7-15)14-4-3-9(16)6-14/h1-2,5,9,12,15-17H,3-4,6-7,13H2. The molecule has 2 atom stereocenters. The molecule has 1 saturated heterocycles. The smallest absolute Gasteiger partial charge is 0.104 e. The quantitative estimate of drug-likeness (QED) is 0.551. The van der Waals surface area contributed by atoms with E-state index in [9.17, 15) is 10.2 Å². The van der Waals surface area contributed by atoms with E-state index >= 15 is 0 Å². The predicted octanol–water partition coefficient (Wildman–Crippen LogP) is -0.135. The normalized spacial score (nSPS) is 21.8. The first-order valence-electron chi connectivity index (χ1n) is 5.73. The van der Waals surface area contributed by atoms with Gasteiger partial charge in [-0.25, -0.2) is 0 Å². The summed E-state index contributed by atoms with van der Waals surface area (Å²) in [5.41, 5.74) is 7.68. The van der Waals surface area contributed by atoms with Gasteiger partial charge in [-0.1, -0.05) is 0 Å². The van der Waals surface area contributed by atoms with Crippen LogP contribution in [0.2, 0.25) is 0 Å². The topological polar surface area (TPSA) is 90.0 Å². The summed E-state index contributed by atoms with van der Waals surface area (Å²) in [5.74, 6) is 0. The van der Waals surface area contributed by atoms with Crippen molar-refractivity contribution in [2.24, 2.45) is 0 Å². The summed E-state index contributed by atoms with van der Waals surface area (Å²) >= 11 is 0. The van der Waals surface area contributed by atoms with Crippen molar-refractivity contribution in [3.63, 3.8) is 0 Å². The van der Waals surface area contributed by atoms with E-state index in [1.807, 2.05) is 11.0 Å². The van der Waals surface area contributed by atoms with Crippen molar-refractivity contribution in [3.8, 4) is 0 Å². The Morgan fingerprint density at radius 2 is 2.24 bits per heavy atom. The molecule has 0 spiro atoms. The molecule has 2 unspecified atom stereocenters. The number of benzene rings is 1. The number of β-amino-alcohol motifs (C(OH)–C–C–N with tert-alkyl or cyclic N) is 1. The molecule has 0 saturated carbocycles. The fourth-order valence-corrected chi connectivity index (χ4v) is 2.19. The van der Waals surface area contributed by atoms with Gasteiger partial charge in [0.1, 0.15) is 6.10 Å².